The second-order valence-electron chi connectivity index (χ2n) is 4.95. The zero-order chi connectivity index (χ0) is 12.4. The lowest BCUT2D eigenvalue weighted by Crippen LogP contribution is -2.40. The van der Waals surface area contributed by atoms with E-state index < -0.39 is 0 Å². The average molecular weight is 250 g/mol. The van der Waals surface area contributed by atoms with E-state index >= 15 is 0 Å². The summed E-state index contributed by atoms with van der Waals surface area (Å²) in [7, 11) is 0. The number of rotatable bonds is 2. The van der Waals surface area contributed by atoms with E-state index in [4.69, 9.17) is 4.74 Å². The molecule has 1 atom stereocenters. The lowest BCUT2D eigenvalue weighted by Gasteiger charge is -2.29. The molecule has 2 aliphatic heterocycles. The van der Waals surface area contributed by atoms with Gasteiger partial charge >= 0.3 is 0 Å². The molecule has 18 heavy (non-hydrogen) atoms. The first-order valence-corrected chi connectivity index (χ1v) is 6.59. The normalized spacial score (nSPS) is 23.8. The minimum Gasteiger partial charge on any atom is -0.378 e. The molecule has 1 aromatic heterocycles. The number of nitrogens with zero attached hydrogens (tertiary/aromatic N) is 4. The van der Waals surface area contributed by atoms with Crippen molar-refractivity contribution >= 4 is 5.91 Å². The molecule has 1 amide bonds. The van der Waals surface area contributed by atoms with Crippen molar-refractivity contribution in [3.63, 3.8) is 0 Å². The Balaban J connectivity index is 1.57. The number of amides is 1. The number of carbonyl (C=O) groups excluding carboxylic acids is 1. The molecule has 0 spiro atoms. The molecule has 0 bridgehead atoms. The van der Waals surface area contributed by atoms with E-state index in [-0.39, 0.29) is 12.0 Å². The van der Waals surface area contributed by atoms with Gasteiger partial charge in [0.1, 0.15) is 6.33 Å². The Morgan fingerprint density at radius 1 is 1.44 bits per heavy atom. The van der Waals surface area contributed by atoms with Gasteiger partial charge < -0.3 is 14.2 Å². The zero-order valence-corrected chi connectivity index (χ0v) is 10.4. The highest BCUT2D eigenvalue weighted by molar-refractivity contribution is 5.76. The lowest BCUT2D eigenvalue weighted by atomic mass is 10.1. The summed E-state index contributed by atoms with van der Waals surface area (Å²) in [5.74, 6) is 1.05. The molecule has 0 radical (unpaired) electrons. The minimum absolute atomic E-state index is 0.117. The van der Waals surface area contributed by atoms with E-state index in [0.29, 0.717) is 13.0 Å². The van der Waals surface area contributed by atoms with Gasteiger partial charge in [-0.2, -0.15) is 0 Å². The van der Waals surface area contributed by atoms with Gasteiger partial charge in [-0.25, -0.2) is 0 Å². The molecule has 1 saturated heterocycles. The summed E-state index contributed by atoms with van der Waals surface area (Å²) in [5, 5.41) is 7.89. The third-order valence-corrected chi connectivity index (χ3v) is 3.67. The van der Waals surface area contributed by atoms with Crippen molar-refractivity contribution in [2.24, 2.45) is 0 Å². The van der Waals surface area contributed by atoms with Gasteiger partial charge in [0.05, 0.1) is 19.1 Å². The molecule has 0 aromatic carbocycles. The third kappa shape index (κ3) is 2.38. The predicted octanol–water partition coefficient (Wildman–Crippen LogP) is 0.579. The van der Waals surface area contributed by atoms with Gasteiger partial charge in [-0.05, 0) is 19.3 Å². The summed E-state index contributed by atoms with van der Waals surface area (Å²) < 4.78 is 7.61. The number of fused-ring (bicyclic) bond motifs is 1. The second-order valence-corrected chi connectivity index (χ2v) is 4.95. The fourth-order valence-electron chi connectivity index (χ4n) is 2.57. The molecular weight excluding hydrogens is 232 g/mol. The van der Waals surface area contributed by atoms with E-state index in [2.05, 4.69) is 10.2 Å². The Bertz CT molecular complexity index is 425. The van der Waals surface area contributed by atoms with E-state index in [9.17, 15) is 4.79 Å². The Morgan fingerprint density at radius 2 is 2.39 bits per heavy atom. The maximum absolute atomic E-state index is 12.2. The van der Waals surface area contributed by atoms with Crippen LogP contribution in [0.3, 0.4) is 0 Å². The van der Waals surface area contributed by atoms with Crippen LogP contribution in [0.5, 0.6) is 0 Å². The average Bonchev–Trinajstić information content (AvgIpc) is 2.87. The Labute approximate surface area is 106 Å². The van der Waals surface area contributed by atoms with Crippen molar-refractivity contribution in [1.29, 1.82) is 0 Å². The highest BCUT2D eigenvalue weighted by Gasteiger charge is 2.25. The highest BCUT2D eigenvalue weighted by Crippen LogP contribution is 2.18. The molecule has 3 rings (SSSR count). The van der Waals surface area contributed by atoms with E-state index in [1.165, 1.54) is 6.42 Å². The standard InChI is InChI=1S/C12H18N4O2/c17-12(7-10-3-1-2-6-18-10)15-4-5-16-9-13-14-11(16)8-15/h9-10H,1-8H2. The van der Waals surface area contributed by atoms with Gasteiger partial charge in [0.25, 0.3) is 0 Å². The molecule has 2 aliphatic rings. The van der Waals surface area contributed by atoms with Crippen molar-refractivity contribution < 1.29 is 9.53 Å². The Hall–Kier alpha value is -1.43. The number of ether oxygens (including phenoxy) is 1. The molecule has 6 heteroatoms. The van der Waals surface area contributed by atoms with Gasteiger partial charge in [-0.3, -0.25) is 4.79 Å². The molecule has 3 heterocycles. The molecule has 0 aliphatic carbocycles. The van der Waals surface area contributed by atoms with E-state index in [0.717, 1.165) is 38.4 Å². The quantitative estimate of drug-likeness (QED) is 0.770. The van der Waals surface area contributed by atoms with Gasteiger partial charge in [0.15, 0.2) is 5.82 Å². The summed E-state index contributed by atoms with van der Waals surface area (Å²) in [6.07, 6.45) is 5.65. The van der Waals surface area contributed by atoms with Crippen LogP contribution in [0, 0.1) is 0 Å². The zero-order valence-electron chi connectivity index (χ0n) is 10.4. The van der Waals surface area contributed by atoms with E-state index in [1.807, 2.05) is 9.47 Å². The molecule has 0 N–H and O–H groups in total. The molecule has 1 aromatic rings. The van der Waals surface area contributed by atoms with Crippen LogP contribution in [-0.2, 0) is 22.6 Å². The number of hydrogen-bond acceptors (Lipinski definition) is 4. The van der Waals surface area contributed by atoms with Gasteiger partial charge in [0, 0.05) is 19.7 Å². The van der Waals surface area contributed by atoms with Gasteiger partial charge in [0.2, 0.25) is 5.91 Å². The summed E-state index contributed by atoms with van der Waals surface area (Å²) in [5.41, 5.74) is 0. The molecular formula is C12H18N4O2. The van der Waals surface area contributed by atoms with Crippen LogP contribution in [0.25, 0.3) is 0 Å². The summed E-state index contributed by atoms with van der Waals surface area (Å²) in [6.45, 7) is 2.91. The minimum atomic E-state index is 0.117. The number of carbonyl (C=O) groups is 1. The maximum Gasteiger partial charge on any atom is 0.225 e. The maximum atomic E-state index is 12.2. The third-order valence-electron chi connectivity index (χ3n) is 3.67. The predicted molar refractivity (Wildman–Crippen MR) is 63.6 cm³/mol. The van der Waals surface area contributed by atoms with Gasteiger partial charge in [-0.15, -0.1) is 10.2 Å². The first-order valence-electron chi connectivity index (χ1n) is 6.59. The van der Waals surface area contributed by atoms with Crippen LogP contribution in [0.4, 0.5) is 0 Å². The molecule has 98 valence electrons. The number of hydrogen-bond donors (Lipinski definition) is 0. The van der Waals surface area contributed by atoms with Crippen LogP contribution in [0.15, 0.2) is 6.33 Å². The largest absolute Gasteiger partial charge is 0.378 e. The molecule has 1 unspecified atom stereocenters. The van der Waals surface area contributed by atoms with Crippen molar-refractivity contribution in [3.8, 4) is 0 Å². The molecule has 0 saturated carbocycles. The van der Waals surface area contributed by atoms with Crippen LogP contribution < -0.4 is 0 Å². The highest BCUT2D eigenvalue weighted by atomic mass is 16.5. The van der Waals surface area contributed by atoms with Crippen LogP contribution >= 0.6 is 0 Å². The smallest absolute Gasteiger partial charge is 0.225 e. The molecule has 1 fully saturated rings. The summed E-state index contributed by atoms with van der Waals surface area (Å²) in [4.78, 5) is 14.0. The van der Waals surface area contributed by atoms with Crippen LogP contribution in [-0.4, -0.2) is 44.8 Å². The fourth-order valence-corrected chi connectivity index (χ4v) is 2.57. The molecule has 6 nitrogen and oxygen atoms in total. The topological polar surface area (TPSA) is 60.2 Å². The van der Waals surface area contributed by atoms with E-state index in [1.54, 1.807) is 6.33 Å². The Morgan fingerprint density at radius 3 is 3.22 bits per heavy atom. The van der Waals surface area contributed by atoms with Crippen LogP contribution in [0.2, 0.25) is 0 Å². The summed E-state index contributed by atoms with van der Waals surface area (Å²) >= 11 is 0. The van der Waals surface area contributed by atoms with Gasteiger partial charge in [-0.1, -0.05) is 0 Å². The summed E-state index contributed by atoms with van der Waals surface area (Å²) in [6, 6.07) is 0. The fraction of sp³-hybridized carbons (Fsp3) is 0.750. The number of aromatic nitrogens is 3. The van der Waals surface area contributed by atoms with Crippen molar-refractivity contribution in [2.45, 2.75) is 44.9 Å². The van der Waals surface area contributed by atoms with Crippen LogP contribution in [0.1, 0.15) is 31.5 Å². The monoisotopic (exact) mass is 250 g/mol. The van der Waals surface area contributed by atoms with Crippen molar-refractivity contribution in [1.82, 2.24) is 19.7 Å². The SMILES string of the molecule is O=C(CC1CCCCO1)N1CCn2cnnc2C1. The van der Waals surface area contributed by atoms with Crippen molar-refractivity contribution in [2.75, 3.05) is 13.2 Å². The first-order chi connectivity index (χ1) is 8.83. The first kappa shape index (κ1) is 11.6. The Kier molecular flexibility index (Phi) is 3.27. The second kappa shape index (κ2) is 5.06. The lowest BCUT2D eigenvalue weighted by molar-refractivity contribution is -0.136. The van der Waals surface area contributed by atoms with Crippen molar-refractivity contribution in [3.05, 3.63) is 12.2 Å².